The van der Waals surface area contributed by atoms with Crippen molar-refractivity contribution in [3.63, 3.8) is 0 Å². The molecule has 4 heterocycles. The molecule has 0 unspecified atom stereocenters. The van der Waals surface area contributed by atoms with Crippen LogP contribution in [0.1, 0.15) is 37.1 Å². The highest BCUT2D eigenvalue weighted by Gasteiger charge is 2.28. The van der Waals surface area contributed by atoms with Gasteiger partial charge in [-0.05, 0) is 62.9 Å². The van der Waals surface area contributed by atoms with Crippen molar-refractivity contribution in [1.82, 2.24) is 34.9 Å². The van der Waals surface area contributed by atoms with Crippen LogP contribution >= 0.6 is 0 Å². The molecule has 2 atom stereocenters. The number of hydrogen-bond donors (Lipinski definition) is 1. The summed E-state index contributed by atoms with van der Waals surface area (Å²) in [5.41, 5.74) is 4.01. The SMILES string of the molecule is Cc1nc(-c2nnn(C)c2COc2nccc(-c3ccccn3)n2)ccc1O[C@H]1CCC[C@H](C(=O)O)C1. The highest BCUT2D eigenvalue weighted by Crippen LogP contribution is 2.30. The molecule has 37 heavy (non-hydrogen) atoms. The fourth-order valence-electron chi connectivity index (χ4n) is 4.40. The number of rotatable bonds is 8. The summed E-state index contributed by atoms with van der Waals surface area (Å²) in [6, 6.07) is 11.3. The summed E-state index contributed by atoms with van der Waals surface area (Å²) >= 11 is 0. The molecule has 0 amide bonds. The number of carboxylic acids is 1. The zero-order valence-electron chi connectivity index (χ0n) is 20.6. The summed E-state index contributed by atoms with van der Waals surface area (Å²) in [7, 11) is 1.78. The minimum atomic E-state index is -0.759. The van der Waals surface area contributed by atoms with Crippen molar-refractivity contribution < 1.29 is 19.4 Å². The van der Waals surface area contributed by atoms with Gasteiger partial charge in [0.05, 0.1) is 34.8 Å². The van der Waals surface area contributed by atoms with Crippen LogP contribution < -0.4 is 9.47 Å². The maximum Gasteiger partial charge on any atom is 0.317 e. The van der Waals surface area contributed by atoms with Gasteiger partial charge >= 0.3 is 12.0 Å². The van der Waals surface area contributed by atoms with Crippen molar-refractivity contribution in [2.75, 3.05) is 0 Å². The van der Waals surface area contributed by atoms with E-state index in [0.29, 0.717) is 47.1 Å². The number of pyridine rings is 2. The lowest BCUT2D eigenvalue weighted by molar-refractivity contribution is -0.143. The number of nitrogens with zero attached hydrogens (tertiary/aromatic N) is 7. The van der Waals surface area contributed by atoms with Crippen LogP contribution in [0.5, 0.6) is 11.8 Å². The standard InChI is InChI=1S/C26H27N7O4/c1-16-23(37-18-7-5-6-17(14-18)25(34)35)10-9-21(29-16)24-22(33(2)32-31-24)15-36-26-28-13-11-20(30-26)19-8-3-4-12-27-19/h3-4,8-13,17-18H,5-7,14-15H2,1-2H3,(H,34,35)/t17-,18-/m0/s1. The highest BCUT2D eigenvalue weighted by atomic mass is 16.5. The van der Waals surface area contributed by atoms with Gasteiger partial charge in [0, 0.05) is 19.4 Å². The Balaban J connectivity index is 1.30. The number of carbonyl (C=O) groups is 1. The van der Waals surface area contributed by atoms with Gasteiger partial charge in [-0.15, -0.1) is 5.10 Å². The van der Waals surface area contributed by atoms with E-state index in [-0.39, 0.29) is 24.6 Å². The molecular formula is C26H27N7O4. The Morgan fingerprint density at radius 2 is 1.95 bits per heavy atom. The topological polar surface area (TPSA) is 138 Å². The van der Waals surface area contributed by atoms with Crippen LogP contribution in [0.25, 0.3) is 22.8 Å². The first-order valence-electron chi connectivity index (χ1n) is 12.1. The predicted octanol–water partition coefficient (Wildman–Crippen LogP) is 3.64. The molecule has 1 fully saturated rings. The number of ether oxygens (including phenoxy) is 2. The second-order valence-electron chi connectivity index (χ2n) is 8.96. The number of carboxylic acid groups (broad SMARTS) is 1. The molecule has 5 rings (SSSR count). The van der Waals surface area contributed by atoms with Crippen LogP contribution in [0, 0.1) is 12.8 Å². The second-order valence-corrected chi connectivity index (χ2v) is 8.96. The monoisotopic (exact) mass is 501 g/mol. The Bertz CT molecular complexity index is 1390. The molecule has 11 heteroatoms. The van der Waals surface area contributed by atoms with Crippen LogP contribution in [-0.2, 0) is 18.4 Å². The van der Waals surface area contributed by atoms with Gasteiger partial charge in [0.25, 0.3) is 0 Å². The predicted molar refractivity (Wildman–Crippen MR) is 133 cm³/mol. The number of aromatic nitrogens is 7. The first-order valence-corrected chi connectivity index (χ1v) is 12.1. The molecule has 190 valence electrons. The average molecular weight is 502 g/mol. The minimum absolute atomic E-state index is 0.136. The molecule has 0 aliphatic heterocycles. The molecule has 1 N–H and O–H groups in total. The van der Waals surface area contributed by atoms with Crippen molar-refractivity contribution in [3.8, 4) is 34.5 Å². The summed E-state index contributed by atoms with van der Waals surface area (Å²) in [5.74, 6) is -0.479. The Morgan fingerprint density at radius 3 is 2.73 bits per heavy atom. The first-order chi connectivity index (χ1) is 18.0. The largest absolute Gasteiger partial charge is 0.489 e. The minimum Gasteiger partial charge on any atom is -0.489 e. The Hall–Kier alpha value is -4.41. The molecule has 0 spiro atoms. The van der Waals surface area contributed by atoms with Gasteiger partial charge in [0.15, 0.2) is 0 Å². The van der Waals surface area contributed by atoms with Crippen LogP contribution in [-0.4, -0.2) is 52.1 Å². The molecule has 1 aliphatic carbocycles. The number of aryl methyl sites for hydroxylation is 2. The average Bonchev–Trinajstić information content (AvgIpc) is 3.29. The molecule has 0 radical (unpaired) electrons. The third-order valence-electron chi connectivity index (χ3n) is 6.39. The zero-order valence-corrected chi connectivity index (χ0v) is 20.6. The van der Waals surface area contributed by atoms with Crippen molar-refractivity contribution >= 4 is 5.97 Å². The van der Waals surface area contributed by atoms with Gasteiger partial charge in [-0.1, -0.05) is 11.3 Å². The first kappa shape index (κ1) is 24.3. The summed E-state index contributed by atoms with van der Waals surface area (Å²) in [6.45, 7) is 2.00. The fourth-order valence-corrected chi connectivity index (χ4v) is 4.40. The molecule has 0 saturated heterocycles. The molecule has 1 aliphatic rings. The lowest BCUT2D eigenvalue weighted by Gasteiger charge is -2.27. The Morgan fingerprint density at radius 1 is 1.05 bits per heavy atom. The molecule has 1 saturated carbocycles. The van der Waals surface area contributed by atoms with E-state index in [1.54, 1.807) is 30.2 Å². The molecule has 4 aromatic rings. The lowest BCUT2D eigenvalue weighted by atomic mass is 9.87. The van der Waals surface area contributed by atoms with Crippen LogP contribution in [0.3, 0.4) is 0 Å². The summed E-state index contributed by atoms with van der Waals surface area (Å²) in [4.78, 5) is 29.1. The normalized spacial score (nSPS) is 17.4. The third kappa shape index (κ3) is 5.55. The van der Waals surface area contributed by atoms with Crippen LogP contribution in [0.2, 0.25) is 0 Å². The molecule has 0 bridgehead atoms. The number of aliphatic carboxylic acids is 1. The van der Waals surface area contributed by atoms with Crippen molar-refractivity contribution in [1.29, 1.82) is 0 Å². The van der Waals surface area contributed by atoms with Crippen molar-refractivity contribution in [3.05, 3.63) is 60.2 Å². The maximum atomic E-state index is 11.4. The Labute approximate surface area is 213 Å². The number of hydrogen-bond acceptors (Lipinski definition) is 9. The van der Waals surface area contributed by atoms with Gasteiger partial charge in [-0.2, -0.15) is 4.98 Å². The second kappa shape index (κ2) is 10.7. The molecule has 0 aromatic carbocycles. The third-order valence-corrected chi connectivity index (χ3v) is 6.39. The summed E-state index contributed by atoms with van der Waals surface area (Å²) in [5, 5.41) is 17.8. The molecule has 4 aromatic heterocycles. The van der Waals surface area contributed by atoms with Crippen LogP contribution in [0.4, 0.5) is 0 Å². The lowest BCUT2D eigenvalue weighted by Crippen LogP contribution is -2.29. The maximum absolute atomic E-state index is 11.4. The van der Waals surface area contributed by atoms with E-state index in [2.05, 4.69) is 25.3 Å². The molecular weight excluding hydrogens is 474 g/mol. The van der Waals surface area contributed by atoms with Gasteiger partial charge in [0.2, 0.25) is 0 Å². The van der Waals surface area contributed by atoms with E-state index in [4.69, 9.17) is 14.5 Å². The van der Waals surface area contributed by atoms with Gasteiger partial charge in [0.1, 0.15) is 23.7 Å². The smallest absolute Gasteiger partial charge is 0.317 e. The van der Waals surface area contributed by atoms with Crippen molar-refractivity contribution in [2.45, 2.75) is 45.3 Å². The van der Waals surface area contributed by atoms with E-state index in [9.17, 15) is 9.90 Å². The highest BCUT2D eigenvalue weighted by molar-refractivity contribution is 5.70. The Kier molecular flexibility index (Phi) is 7.02. The van der Waals surface area contributed by atoms with Gasteiger partial charge < -0.3 is 14.6 Å². The van der Waals surface area contributed by atoms with E-state index in [0.717, 1.165) is 18.5 Å². The summed E-state index contributed by atoms with van der Waals surface area (Å²) in [6.07, 6.45) is 6.07. The summed E-state index contributed by atoms with van der Waals surface area (Å²) < 4.78 is 13.7. The van der Waals surface area contributed by atoms with E-state index in [1.807, 2.05) is 37.3 Å². The van der Waals surface area contributed by atoms with E-state index >= 15 is 0 Å². The quantitative estimate of drug-likeness (QED) is 0.381. The van der Waals surface area contributed by atoms with Gasteiger partial charge in [-0.25, -0.2) is 14.6 Å². The van der Waals surface area contributed by atoms with Crippen molar-refractivity contribution in [2.24, 2.45) is 13.0 Å². The van der Waals surface area contributed by atoms with Gasteiger partial charge in [-0.3, -0.25) is 9.78 Å². The molecule has 11 nitrogen and oxygen atoms in total. The fraction of sp³-hybridized carbons (Fsp3) is 0.346. The van der Waals surface area contributed by atoms with E-state index in [1.165, 1.54) is 0 Å². The van der Waals surface area contributed by atoms with E-state index < -0.39 is 5.97 Å². The van der Waals surface area contributed by atoms with Crippen LogP contribution in [0.15, 0.2) is 48.8 Å². The zero-order chi connectivity index (χ0) is 25.8.